The van der Waals surface area contributed by atoms with Crippen molar-refractivity contribution >= 4 is 35.6 Å². The Labute approximate surface area is 159 Å². The van der Waals surface area contributed by atoms with Crippen LogP contribution >= 0.6 is 35.6 Å². The maximum Gasteiger partial charge on any atom is 0.120 e. The van der Waals surface area contributed by atoms with E-state index in [4.69, 9.17) is 32.7 Å². The maximum absolute atomic E-state index is 6.15. The molecular weight excluding hydrogens is 369 g/mol. The lowest BCUT2D eigenvalue weighted by Gasteiger charge is -2.10. The molecule has 0 heterocycles. The summed E-state index contributed by atoms with van der Waals surface area (Å²) in [5.41, 5.74) is 2.10. The molecule has 3 nitrogen and oxygen atoms in total. The number of rotatable bonds is 9. The van der Waals surface area contributed by atoms with Crippen LogP contribution in [0.25, 0.3) is 0 Å². The van der Waals surface area contributed by atoms with E-state index >= 15 is 0 Å². The van der Waals surface area contributed by atoms with Crippen LogP contribution in [0.2, 0.25) is 10.0 Å². The van der Waals surface area contributed by atoms with Crippen LogP contribution in [0.5, 0.6) is 5.75 Å². The van der Waals surface area contributed by atoms with Crippen LogP contribution in [0.4, 0.5) is 0 Å². The second-order valence-electron chi connectivity index (χ2n) is 5.19. The molecule has 0 aromatic heterocycles. The molecule has 0 spiro atoms. The van der Waals surface area contributed by atoms with Gasteiger partial charge in [0.1, 0.15) is 12.4 Å². The van der Waals surface area contributed by atoms with Crippen molar-refractivity contribution in [2.24, 2.45) is 0 Å². The minimum Gasteiger partial charge on any atom is -0.489 e. The molecule has 0 aliphatic rings. The Bertz CT molecular complexity index is 623. The number of methoxy groups -OCH3 is 1. The molecule has 0 saturated heterocycles. The summed E-state index contributed by atoms with van der Waals surface area (Å²) < 4.78 is 10.8. The molecule has 132 valence electrons. The normalized spacial score (nSPS) is 10.3. The van der Waals surface area contributed by atoms with Crippen LogP contribution in [0, 0.1) is 0 Å². The van der Waals surface area contributed by atoms with E-state index in [0.29, 0.717) is 16.7 Å². The van der Waals surface area contributed by atoms with Gasteiger partial charge >= 0.3 is 0 Å². The second kappa shape index (κ2) is 11.6. The highest BCUT2D eigenvalue weighted by Gasteiger charge is 2.03. The number of ether oxygens (including phenoxy) is 2. The molecule has 0 aliphatic heterocycles. The standard InChI is InChI=1S/C18H21Cl2NO2.ClH/c1-22-9-3-8-21-12-14-4-2-5-17(10-14)23-13-15-6-7-16(19)11-18(15)20;/h2,4-7,10-11,21H,3,8-9,12-13H2,1H3;1H. The first-order valence-corrected chi connectivity index (χ1v) is 8.30. The Morgan fingerprint density at radius 2 is 1.92 bits per heavy atom. The molecule has 0 fully saturated rings. The zero-order valence-corrected chi connectivity index (χ0v) is 15.9. The summed E-state index contributed by atoms with van der Waals surface area (Å²) in [6.45, 7) is 2.93. The van der Waals surface area contributed by atoms with Gasteiger partial charge in [0.2, 0.25) is 0 Å². The van der Waals surface area contributed by atoms with Crippen LogP contribution in [0.15, 0.2) is 42.5 Å². The molecule has 0 unspecified atom stereocenters. The lowest BCUT2D eigenvalue weighted by Crippen LogP contribution is -2.16. The van der Waals surface area contributed by atoms with Crippen molar-refractivity contribution in [3.63, 3.8) is 0 Å². The summed E-state index contributed by atoms with van der Waals surface area (Å²) in [4.78, 5) is 0. The summed E-state index contributed by atoms with van der Waals surface area (Å²) in [6, 6.07) is 13.5. The van der Waals surface area contributed by atoms with Crippen LogP contribution in [0.1, 0.15) is 17.5 Å². The first-order chi connectivity index (χ1) is 11.2. The lowest BCUT2D eigenvalue weighted by molar-refractivity contribution is 0.194. The fourth-order valence-corrected chi connectivity index (χ4v) is 2.58. The zero-order valence-electron chi connectivity index (χ0n) is 13.6. The maximum atomic E-state index is 6.15. The molecule has 0 atom stereocenters. The number of benzene rings is 2. The van der Waals surface area contributed by atoms with E-state index in [1.165, 1.54) is 5.56 Å². The molecule has 0 saturated carbocycles. The predicted octanol–water partition coefficient (Wildman–Crippen LogP) is 5.12. The molecule has 2 aromatic carbocycles. The van der Waals surface area contributed by atoms with Crippen molar-refractivity contribution in [1.29, 1.82) is 0 Å². The third kappa shape index (κ3) is 7.29. The van der Waals surface area contributed by atoms with Gasteiger partial charge in [0.15, 0.2) is 0 Å². The van der Waals surface area contributed by atoms with Gasteiger partial charge in [0.25, 0.3) is 0 Å². The fourth-order valence-electron chi connectivity index (χ4n) is 2.12. The van der Waals surface area contributed by atoms with Gasteiger partial charge < -0.3 is 14.8 Å². The van der Waals surface area contributed by atoms with E-state index in [9.17, 15) is 0 Å². The Kier molecular flexibility index (Phi) is 10.2. The molecule has 6 heteroatoms. The van der Waals surface area contributed by atoms with Crippen LogP contribution in [0.3, 0.4) is 0 Å². The van der Waals surface area contributed by atoms with Crippen molar-refractivity contribution in [3.05, 3.63) is 63.6 Å². The molecule has 0 aliphatic carbocycles. The summed E-state index contributed by atoms with van der Waals surface area (Å²) in [6.07, 6.45) is 1.00. The number of hydrogen-bond acceptors (Lipinski definition) is 3. The van der Waals surface area contributed by atoms with Gasteiger partial charge in [0, 0.05) is 35.9 Å². The first-order valence-electron chi connectivity index (χ1n) is 7.54. The Hall–Kier alpha value is -0.970. The average Bonchev–Trinajstić information content (AvgIpc) is 2.54. The Morgan fingerprint density at radius 3 is 2.67 bits per heavy atom. The zero-order chi connectivity index (χ0) is 16.5. The third-order valence-corrected chi connectivity index (χ3v) is 3.93. The van der Waals surface area contributed by atoms with Gasteiger partial charge in [-0.3, -0.25) is 0 Å². The van der Waals surface area contributed by atoms with Crippen molar-refractivity contribution < 1.29 is 9.47 Å². The fraction of sp³-hybridized carbons (Fsp3) is 0.333. The van der Waals surface area contributed by atoms with E-state index < -0.39 is 0 Å². The highest BCUT2D eigenvalue weighted by Crippen LogP contribution is 2.23. The van der Waals surface area contributed by atoms with E-state index in [2.05, 4.69) is 11.4 Å². The molecule has 0 amide bonds. The van der Waals surface area contributed by atoms with E-state index in [1.54, 1.807) is 13.2 Å². The smallest absolute Gasteiger partial charge is 0.120 e. The molecule has 2 aromatic rings. The molecule has 0 radical (unpaired) electrons. The number of halogens is 3. The summed E-state index contributed by atoms with van der Waals surface area (Å²) in [7, 11) is 1.72. The van der Waals surface area contributed by atoms with Gasteiger partial charge in [-0.05, 0) is 42.8 Å². The monoisotopic (exact) mass is 389 g/mol. The van der Waals surface area contributed by atoms with Gasteiger partial charge in [0.05, 0.1) is 0 Å². The van der Waals surface area contributed by atoms with Crippen molar-refractivity contribution in [3.8, 4) is 5.75 Å². The summed E-state index contributed by atoms with van der Waals surface area (Å²) >= 11 is 12.0. The Morgan fingerprint density at radius 1 is 1.08 bits per heavy atom. The second-order valence-corrected chi connectivity index (χ2v) is 6.04. The molecule has 1 N–H and O–H groups in total. The van der Waals surface area contributed by atoms with Gasteiger partial charge in [-0.1, -0.05) is 41.4 Å². The molecular formula is C18H22Cl3NO2. The summed E-state index contributed by atoms with van der Waals surface area (Å²) in [5.74, 6) is 0.826. The Balaban J connectivity index is 0.00000288. The van der Waals surface area contributed by atoms with Crippen molar-refractivity contribution in [1.82, 2.24) is 5.32 Å². The van der Waals surface area contributed by atoms with Crippen LogP contribution < -0.4 is 10.1 Å². The lowest BCUT2D eigenvalue weighted by atomic mass is 10.2. The van der Waals surface area contributed by atoms with E-state index in [0.717, 1.165) is 37.4 Å². The van der Waals surface area contributed by atoms with Crippen LogP contribution in [-0.2, 0) is 17.9 Å². The minimum atomic E-state index is 0. The van der Waals surface area contributed by atoms with Gasteiger partial charge in [-0.2, -0.15) is 0 Å². The van der Waals surface area contributed by atoms with E-state index in [1.807, 2.05) is 30.3 Å². The average molecular weight is 391 g/mol. The molecule has 2 rings (SSSR count). The van der Waals surface area contributed by atoms with Gasteiger partial charge in [-0.15, -0.1) is 12.4 Å². The third-order valence-electron chi connectivity index (χ3n) is 3.34. The quantitative estimate of drug-likeness (QED) is 0.603. The molecule has 24 heavy (non-hydrogen) atoms. The highest BCUT2D eigenvalue weighted by molar-refractivity contribution is 6.35. The largest absolute Gasteiger partial charge is 0.489 e. The summed E-state index contributed by atoms with van der Waals surface area (Å²) in [5, 5.41) is 4.63. The number of hydrogen-bond donors (Lipinski definition) is 1. The molecule has 0 bridgehead atoms. The van der Waals surface area contributed by atoms with Crippen molar-refractivity contribution in [2.45, 2.75) is 19.6 Å². The topological polar surface area (TPSA) is 30.5 Å². The predicted molar refractivity (Wildman–Crippen MR) is 103 cm³/mol. The number of nitrogens with one attached hydrogen (secondary N) is 1. The SMILES string of the molecule is COCCCNCc1cccc(OCc2ccc(Cl)cc2Cl)c1.Cl. The highest BCUT2D eigenvalue weighted by atomic mass is 35.5. The van der Waals surface area contributed by atoms with E-state index in [-0.39, 0.29) is 12.4 Å². The van der Waals surface area contributed by atoms with Gasteiger partial charge in [-0.25, -0.2) is 0 Å². The van der Waals surface area contributed by atoms with Crippen LogP contribution in [-0.4, -0.2) is 20.3 Å². The first kappa shape index (κ1) is 21.1. The minimum absolute atomic E-state index is 0. The van der Waals surface area contributed by atoms with Crippen molar-refractivity contribution in [2.75, 3.05) is 20.3 Å².